The van der Waals surface area contributed by atoms with Crippen molar-refractivity contribution >= 4 is 0 Å². The van der Waals surface area contributed by atoms with Gasteiger partial charge in [-0.25, -0.2) is 0 Å². The minimum Gasteiger partial charge on any atom is -0.378 e. The second-order valence-electron chi connectivity index (χ2n) is 5.27. The van der Waals surface area contributed by atoms with Crippen molar-refractivity contribution in [2.75, 3.05) is 6.61 Å². The van der Waals surface area contributed by atoms with Crippen molar-refractivity contribution < 1.29 is 4.74 Å². The molecule has 2 saturated carbocycles. The summed E-state index contributed by atoms with van der Waals surface area (Å²) in [7, 11) is 0. The summed E-state index contributed by atoms with van der Waals surface area (Å²) in [4.78, 5) is 0. The van der Waals surface area contributed by atoms with Crippen molar-refractivity contribution in [3.05, 3.63) is 35.9 Å². The number of hydrogen-bond donors (Lipinski definition) is 1. The Labute approximate surface area is 103 Å². The summed E-state index contributed by atoms with van der Waals surface area (Å²) in [6.45, 7) is 2.93. The molecule has 0 aliphatic heterocycles. The molecule has 0 saturated heterocycles. The Morgan fingerprint density at radius 2 is 1.94 bits per heavy atom. The fourth-order valence-corrected chi connectivity index (χ4v) is 2.82. The molecule has 2 fully saturated rings. The van der Waals surface area contributed by atoms with Crippen LogP contribution in [0, 0.1) is 0 Å². The van der Waals surface area contributed by atoms with Gasteiger partial charge in [-0.2, -0.15) is 0 Å². The van der Waals surface area contributed by atoms with E-state index in [9.17, 15) is 0 Å². The third kappa shape index (κ3) is 2.53. The highest BCUT2D eigenvalue weighted by Gasteiger charge is 2.41. The van der Waals surface area contributed by atoms with E-state index in [0.29, 0.717) is 18.2 Å². The van der Waals surface area contributed by atoms with Gasteiger partial charge >= 0.3 is 0 Å². The number of ether oxygens (including phenoxy) is 1. The second kappa shape index (κ2) is 4.79. The van der Waals surface area contributed by atoms with Crippen LogP contribution in [0.15, 0.2) is 30.3 Å². The minimum atomic E-state index is 0.520. The quantitative estimate of drug-likeness (QED) is 0.841. The first-order chi connectivity index (χ1) is 8.36. The van der Waals surface area contributed by atoms with Crippen molar-refractivity contribution in [1.29, 1.82) is 0 Å². The smallest absolute Gasteiger partial charge is 0.0604 e. The summed E-state index contributed by atoms with van der Waals surface area (Å²) >= 11 is 0. The van der Waals surface area contributed by atoms with E-state index in [-0.39, 0.29) is 0 Å². The molecule has 2 aliphatic rings. The Morgan fingerprint density at radius 3 is 2.65 bits per heavy atom. The highest BCUT2D eigenvalue weighted by atomic mass is 16.5. The first kappa shape index (κ1) is 11.2. The average molecular weight is 231 g/mol. The zero-order valence-electron chi connectivity index (χ0n) is 10.4. The average Bonchev–Trinajstić information content (AvgIpc) is 3.07. The summed E-state index contributed by atoms with van der Waals surface area (Å²) < 4.78 is 5.58. The van der Waals surface area contributed by atoms with Crippen molar-refractivity contribution in [3.8, 4) is 0 Å². The maximum absolute atomic E-state index is 5.58. The lowest BCUT2D eigenvalue weighted by atomic mass is 9.89. The fraction of sp³-hybridized carbons (Fsp3) is 0.600. The van der Waals surface area contributed by atoms with Gasteiger partial charge in [-0.05, 0) is 31.7 Å². The first-order valence-corrected chi connectivity index (χ1v) is 6.79. The van der Waals surface area contributed by atoms with Crippen molar-refractivity contribution in [3.63, 3.8) is 0 Å². The van der Waals surface area contributed by atoms with Gasteiger partial charge in [0, 0.05) is 24.6 Å². The maximum atomic E-state index is 5.58. The number of hydrogen-bond acceptors (Lipinski definition) is 2. The standard InChI is InChI=1S/C15H21NO/c1-2-17-13-8-12(9-13)16-15-10-14(15)11-6-4-3-5-7-11/h3-7,12-16H,2,8-10H2,1H3. The summed E-state index contributed by atoms with van der Waals surface area (Å²) in [6, 6.07) is 12.3. The summed E-state index contributed by atoms with van der Waals surface area (Å²) in [6.07, 6.45) is 4.23. The molecule has 0 spiro atoms. The molecule has 2 nitrogen and oxygen atoms in total. The normalized spacial score (nSPS) is 35.4. The third-order valence-electron chi connectivity index (χ3n) is 3.97. The van der Waals surface area contributed by atoms with Crippen molar-refractivity contribution in [2.45, 2.75) is 50.3 Å². The zero-order chi connectivity index (χ0) is 11.7. The molecule has 2 atom stereocenters. The highest BCUT2D eigenvalue weighted by Crippen LogP contribution is 2.42. The Balaban J connectivity index is 1.42. The van der Waals surface area contributed by atoms with Gasteiger partial charge in [-0.15, -0.1) is 0 Å². The van der Waals surface area contributed by atoms with E-state index in [1.165, 1.54) is 24.8 Å². The van der Waals surface area contributed by atoms with Crippen LogP contribution >= 0.6 is 0 Å². The molecule has 92 valence electrons. The third-order valence-corrected chi connectivity index (χ3v) is 3.97. The van der Waals surface area contributed by atoms with E-state index in [2.05, 4.69) is 42.6 Å². The summed E-state index contributed by atoms with van der Waals surface area (Å²) in [5, 5.41) is 3.75. The van der Waals surface area contributed by atoms with Gasteiger partial charge in [0.25, 0.3) is 0 Å². The van der Waals surface area contributed by atoms with Crippen LogP contribution in [0.1, 0.15) is 37.7 Å². The van der Waals surface area contributed by atoms with Crippen LogP contribution in [-0.2, 0) is 4.74 Å². The monoisotopic (exact) mass is 231 g/mol. The molecule has 1 aromatic carbocycles. The van der Waals surface area contributed by atoms with E-state index < -0.39 is 0 Å². The van der Waals surface area contributed by atoms with E-state index in [4.69, 9.17) is 4.74 Å². The predicted octanol–water partition coefficient (Wildman–Crippen LogP) is 2.70. The maximum Gasteiger partial charge on any atom is 0.0604 e. The van der Waals surface area contributed by atoms with E-state index in [1.807, 2.05) is 0 Å². The molecule has 2 unspecified atom stereocenters. The predicted molar refractivity (Wildman–Crippen MR) is 69.2 cm³/mol. The topological polar surface area (TPSA) is 21.3 Å². The van der Waals surface area contributed by atoms with Gasteiger partial charge in [0.1, 0.15) is 0 Å². The highest BCUT2D eigenvalue weighted by molar-refractivity contribution is 5.27. The lowest BCUT2D eigenvalue weighted by Crippen LogP contribution is -2.46. The molecule has 0 heterocycles. The summed E-state index contributed by atoms with van der Waals surface area (Å²) in [5.74, 6) is 0.752. The number of nitrogens with one attached hydrogen (secondary N) is 1. The van der Waals surface area contributed by atoms with E-state index in [0.717, 1.165) is 12.5 Å². The van der Waals surface area contributed by atoms with Gasteiger partial charge in [0.05, 0.1) is 6.10 Å². The molecule has 1 aromatic rings. The van der Waals surface area contributed by atoms with Crippen LogP contribution in [0.25, 0.3) is 0 Å². The second-order valence-corrected chi connectivity index (χ2v) is 5.27. The van der Waals surface area contributed by atoms with Gasteiger partial charge in [-0.3, -0.25) is 0 Å². The molecule has 0 bridgehead atoms. The SMILES string of the molecule is CCOC1CC(NC2CC2c2ccccc2)C1. The van der Waals surface area contributed by atoms with Crippen LogP contribution in [-0.4, -0.2) is 24.8 Å². The van der Waals surface area contributed by atoms with Gasteiger partial charge in [0.2, 0.25) is 0 Å². The van der Waals surface area contributed by atoms with Crippen LogP contribution < -0.4 is 5.32 Å². The lowest BCUT2D eigenvalue weighted by Gasteiger charge is -2.35. The van der Waals surface area contributed by atoms with Crippen LogP contribution in [0.2, 0.25) is 0 Å². The number of rotatable bonds is 5. The molecule has 17 heavy (non-hydrogen) atoms. The Morgan fingerprint density at radius 1 is 1.18 bits per heavy atom. The Hall–Kier alpha value is -0.860. The molecule has 0 amide bonds. The molecular weight excluding hydrogens is 210 g/mol. The van der Waals surface area contributed by atoms with Crippen molar-refractivity contribution in [1.82, 2.24) is 5.32 Å². The van der Waals surface area contributed by atoms with Crippen LogP contribution in [0.4, 0.5) is 0 Å². The molecule has 2 aliphatic carbocycles. The largest absolute Gasteiger partial charge is 0.378 e. The van der Waals surface area contributed by atoms with Crippen LogP contribution in [0.3, 0.4) is 0 Å². The summed E-state index contributed by atoms with van der Waals surface area (Å²) in [5.41, 5.74) is 1.49. The molecular formula is C15H21NO. The Kier molecular flexibility index (Phi) is 3.17. The first-order valence-electron chi connectivity index (χ1n) is 6.79. The molecule has 2 heteroatoms. The fourth-order valence-electron chi connectivity index (χ4n) is 2.82. The molecule has 1 N–H and O–H groups in total. The lowest BCUT2D eigenvalue weighted by molar-refractivity contribution is -0.0103. The minimum absolute atomic E-state index is 0.520. The van der Waals surface area contributed by atoms with Gasteiger partial charge in [0.15, 0.2) is 0 Å². The molecule has 0 radical (unpaired) electrons. The number of benzene rings is 1. The molecule has 3 rings (SSSR count). The Bertz CT molecular complexity index is 358. The zero-order valence-corrected chi connectivity index (χ0v) is 10.4. The van der Waals surface area contributed by atoms with E-state index in [1.54, 1.807) is 0 Å². The molecule has 0 aromatic heterocycles. The van der Waals surface area contributed by atoms with E-state index >= 15 is 0 Å². The van der Waals surface area contributed by atoms with Gasteiger partial charge < -0.3 is 10.1 Å². The van der Waals surface area contributed by atoms with Crippen LogP contribution in [0.5, 0.6) is 0 Å². The van der Waals surface area contributed by atoms with Crippen molar-refractivity contribution in [2.24, 2.45) is 0 Å². The van der Waals surface area contributed by atoms with Gasteiger partial charge in [-0.1, -0.05) is 30.3 Å².